The van der Waals surface area contributed by atoms with E-state index in [1.54, 1.807) is 0 Å². The Hall–Kier alpha value is 2.26. The first-order valence-corrected chi connectivity index (χ1v) is 0. The van der Waals surface area contributed by atoms with Crippen molar-refractivity contribution < 1.29 is 72.7 Å². The number of hydrogen-bond acceptors (Lipinski definition) is 0. The average Bonchev–Trinajstić information content (AvgIpc) is 0. The van der Waals surface area contributed by atoms with Gasteiger partial charge in [-0.25, -0.2) is 0 Å². The van der Waals surface area contributed by atoms with Gasteiger partial charge in [-0.05, 0) is 0 Å². The molecule has 0 aromatic carbocycles. The molecule has 0 spiro atoms. The van der Waals surface area contributed by atoms with E-state index in [9.17, 15) is 0 Å². The molecule has 0 aromatic rings. The van der Waals surface area contributed by atoms with Crippen LogP contribution in [0.1, 0.15) is 0 Å². The molecule has 0 aliphatic carbocycles. The quantitative estimate of drug-likeness (QED) is 0.541. The molecule has 0 saturated heterocycles. The van der Waals surface area contributed by atoms with Crippen molar-refractivity contribution in [3.05, 3.63) is 0 Å². The molecule has 0 bridgehead atoms. The van der Waals surface area contributed by atoms with Crippen LogP contribution < -0.4 is 0 Å². The zero-order valence-electron chi connectivity index (χ0n) is 1.47. The van der Waals surface area contributed by atoms with Crippen molar-refractivity contribution in [1.29, 1.82) is 0 Å². The molecule has 0 amide bonds. The fourth-order valence-corrected chi connectivity index (χ4v) is 0. The molecule has 0 N–H and O–H groups in total. The molecule has 4 heavy (non-hydrogen) atoms. The normalized spacial score (nSPS) is 0. The van der Waals surface area contributed by atoms with Gasteiger partial charge in [-0.2, -0.15) is 0 Å². The molecule has 0 heterocycles. The molecule has 31 valence electrons. The van der Waals surface area contributed by atoms with E-state index in [-0.39, 0.29) is 72.7 Å². The Morgan fingerprint density at radius 1 is 1.00 bits per heavy atom. The molecule has 0 atom stereocenters. The van der Waals surface area contributed by atoms with E-state index in [0.717, 1.165) is 0 Å². The second-order valence-corrected chi connectivity index (χ2v) is 0. The van der Waals surface area contributed by atoms with E-state index in [1.807, 2.05) is 0 Å². The summed E-state index contributed by atoms with van der Waals surface area (Å²) in [4.78, 5) is 0. The maximum atomic E-state index is 0. The molecular weight excluding hydrogens is 265 g/mol. The summed E-state index contributed by atoms with van der Waals surface area (Å²) in [5.74, 6) is 0. The maximum Gasteiger partial charge on any atom is 0 e. The van der Waals surface area contributed by atoms with Gasteiger partial charge in [0.2, 0.25) is 0 Å². The zero-order chi connectivity index (χ0) is 0. The van der Waals surface area contributed by atoms with Crippen molar-refractivity contribution in [1.82, 2.24) is 0 Å². The maximum absolute atomic E-state index is 0. The van der Waals surface area contributed by atoms with Crippen LogP contribution >= 0.6 is 0 Å². The summed E-state index contributed by atoms with van der Waals surface area (Å²) in [6.07, 6.45) is 0. The second-order valence-electron chi connectivity index (χ2n) is 0. The Morgan fingerprint density at radius 3 is 1.00 bits per heavy atom. The standard InChI is InChI=1S/Co.Mn.Nb.Ni. The van der Waals surface area contributed by atoms with Crippen LogP contribution in [0, 0.1) is 0 Å². The average molecular weight is 265 g/mol. The Kier molecular flexibility index (Phi) is 158. The van der Waals surface area contributed by atoms with Gasteiger partial charge in [0.25, 0.3) is 0 Å². The van der Waals surface area contributed by atoms with Gasteiger partial charge in [0, 0.05) is 72.7 Å². The Morgan fingerprint density at radius 2 is 1.00 bits per heavy atom. The van der Waals surface area contributed by atoms with Crippen LogP contribution in [0.5, 0.6) is 0 Å². The van der Waals surface area contributed by atoms with E-state index in [1.165, 1.54) is 0 Å². The van der Waals surface area contributed by atoms with Crippen LogP contribution in [-0.2, 0) is 72.7 Å². The molecule has 0 aliphatic heterocycles. The summed E-state index contributed by atoms with van der Waals surface area (Å²) in [7, 11) is 0. The van der Waals surface area contributed by atoms with Gasteiger partial charge in [0.15, 0.2) is 0 Å². The predicted molar refractivity (Wildman–Crippen MR) is 0 cm³/mol. The minimum atomic E-state index is 0. The van der Waals surface area contributed by atoms with E-state index < -0.39 is 0 Å². The smallest absolute Gasteiger partial charge is 0 e. The topological polar surface area (TPSA) is 0 Å². The minimum Gasteiger partial charge on any atom is 0 e. The van der Waals surface area contributed by atoms with Gasteiger partial charge in [0.1, 0.15) is 0 Å². The third-order valence-corrected chi connectivity index (χ3v) is 0. The minimum absolute atomic E-state index is 0. The molecule has 0 unspecified atom stereocenters. The zero-order valence-corrected chi connectivity index (χ0v) is 6.88. The van der Waals surface area contributed by atoms with Gasteiger partial charge in [0.05, 0.1) is 0 Å². The van der Waals surface area contributed by atoms with Crippen LogP contribution in [0.25, 0.3) is 0 Å². The fraction of sp³-hybridized carbons (Fsp3) is 0. The van der Waals surface area contributed by atoms with Gasteiger partial charge >= 0.3 is 0 Å². The van der Waals surface area contributed by atoms with Crippen molar-refractivity contribution in [2.24, 2.45) is 0 Å². The van der Waals surface area contributed by atoms with Crippen molar-refractivity contribution in [3.8, 4) is 0 Å². The summed E-state index contributed by atoms with van der Waals surface area (Å²) in [5, 5.41) is 0. The van der Waals surface area contributed by atoms with Gasteiger partial charge in [-0.3, -0.25) is 0 Å². The van der Waals surface area contributed by atoms with E-state index >= 15 is 0 Å². The molecule has 3 radical (unpaired) electrons. The second kappa shape index (κ2) is 18.7. The summed E-state index contributed by atoms with van der Waals surface area (Å²) < 4.78 is 0. The summed E-state index contributed by atoms with van der Waals surface area (Å²) in [5.41, 5.74) is 0. The van der Waals surface area contributed by atoms with Crippen LogP contribution in [0.15, 0.2) is 0 Å². The number of rotatable bonds is 0. The van der Waals surface area contributed by atoms with Crippen molar-refractivity contribution in [2.75, 3.05) is 0 Å². The van der Waals surface area contributed by atoms with Gasteiger partial charge < -0.3 is 0 Å². The Labute approximate surface area is 72.0 Å². The third kappa shape index (κ3) is 8.86. The van der Waals surface area contributed by atoms with Crippen molar-refractivity contribution in [3.63, 3.8) is 0 Å². The largest absolute Gasteiger partial charge is 0 e. The van der Waals surface area contributed by atoms with Gasteiger partial charge in [-0.15, -0.1) is 0 Å². The van der Waals surface area contributed by atoms with E-state index in [0.29, 0.717) is 0 Å². The van der Waals surface area contributed by atoms with Crippen molar-refractivity contribution in [2.45, 2.75) is 0 Å². The molecule has 4 heteroatoms. The predicted octanol–water partition coefficient (Wildman–Crippen LogP) is -0.0100. The summed E-state index contributed by atoms with van der Waals surface area (Å²) >= 11 is 0. The first-order valence-electron chi connectivity index (χ1n) is 0. The van der Waals surface area contributed by atoms with E-state index in [2.05, 4.69) is 0 Å². The first-order chi connectivity index (χ1) is 0. The molecule has 0 nitrogen and oxygen atoms in total. The molecule has 0 saturated carbocycles. The summed E-state index contributed by atoms with van der Waals surface area (Å²) in [6.45, 7) is 0. The Balaban J connectivity index is 0. The Bertz CT molecular complexity index is 8.00. The van der Waals surface area contributed by atoms with Crippen LogP contribution in [0.4, 0.5) is 0 Å². The number of hydrogen-bond donors (Lipinski definition) is 0. The van der Waals surface area contributed by atoms with Gasteiger partial charge in [-0.1, -0.05) is 0 Å². The van der Waals surface area contributed by atoms with E-state index in [4.69, 9.17) is 0 Å². The van der Waals surface area contributed by atoms with Crippen LogP contribution in [0.3, 0.4) is 0 Å². The molecule has 0 aliphatic rings. The van der Waals surface area contributed by atoms with Crippen LogP contribution in [-0.4, -0.2) is 0 Å². The molecular formula is CoMnNbNi. The van der Waals surface area contributed by atoms with Crippen molar-refractivity contribution >= 4 is 0 Å². The van der Waals surface area contributed by atoms with Crippen LogP contribution in [0.2, 0.25) is 0 Å². The first kappa shape index (κ1) is 33.9. The molecule has 0 aromatic heterocycles. The molecule has 0 fully saturated rings. The fourth-order valence-electron chi connectivity index (χ4n) is 0. The summed E-state index contributed by atoms with van der Waals surface area (Å²) in [6, 6.07) is 0. The molecule has 0 rings (SSSR count). The SMILES string of the molecule is [Co].[Mn].[Nb].[Ni]. The monoisotopic (exact) mass is 265 g/mol. The third-order valence-electron chi connectivity index (χ3n) is 0.